The highest BCUT2D eigenvalue weighted by atomic mass is 16.3. The summed E-state index contributed by atoms with van der Waals surface area (Å²) in [6, 6.07) is 64.3. The molecule has 0 spiro atoms. The van der Waals surface area contributed by atoms with E-state index in [1.54, 1.807) is 0 Å². The highest BCUT2D eigenvalue weighted by Gasteiger charge is 2.24. The van der Waals surface area contributed by atoms with Gasteiger partial charge in [0.2, 0.25) is 0 Å². The standard InChI is InChI=1S/C48H30N2O2/c1-3-13-31(14-4-1)32-25-27-35-38-30-34(26-28-39(38)49(42(35)29-32)33-15-5-2-6-16-33)50(40-19-11-23-45-47(40)36-17-7-9-21-43(36)51-45)41-20-12-24-46-48(41)37-18-8-10-22-44(37)52-46/h1-30H. The largest absolute Gasteiger partial charge is 0.456 e. The Morgan fingerprint density at radius 2 is 0.942 bits per heavy atom. The van der Waals surface area contributed by atoms with Crippen molar-refractivity contribution in [3.8, 4) is 16.8 Å². The van der Waals surface area contributed by atoms with E-state index in [4.69, 9.17) is 8.83 Å². The summed E-state index contributed by atoms with van der Waals surface area (Å²) in [5.41, 5.74) is 12.4. The van der Waals surface area contributed by atoms with E-state index in [-0.39, 0.29) is 0 Å². The summed E-state index contributed by atoms with van der Waals surface area (Å²) in [7, 11) is 0. The van der Waals surface area contributed by atoms with E-state index in [1.165, 1.54) is 21.9 Å². The average Bonchev–Trinajstić information content (AvgIpc) is 3.88. The van der Waals surface area contributed by atoms with Crippen molar-refractivity contribution < 1.29 is 8.83 Å². The van der Waals surface area contributed by atoms with Gasteiger partial charge in [0.1, 0.15) is 22.3 Å². The number of rotatable bonds is 5. The number of furan rings is 2. The van der Waals surface area contributed by atoms with Gasteiger partial charge in [0.05, 0.1) is 33.2 Å². The van der Waals surface area contributed by atoms with Crippen LogP contribution in [0.15, 0.2) is 191 Å². The van der Waals surface area contributed by atoms with Crippen LogP contribution in [-0.2, 0) is 0 Å². The Balaban J connectivity index is 1.23. The fourth-order valence-electron chi connectivity index (χ4n) is 8.11. The molecule has 0 fully saturated rings. The number of aromatic nitrogens is 1. The van der Waals surface area contributed by atoms with E-state index in [9.17, 15) is 0 Å². The molecule has 0 aliphatic rings. The lowest BCUT2D eigenvalue weighted by Crippen LogP contribution is -2.10. The molecule has 4 heteroatoms. The van der Waals surface area contributed by atoms with Gasteiger partial charge < -0.3 is 18.3 Å². The van der Waals surface area contributed by atoms with Gasteiger partial charge in [-0.3, -0.25) is 0 Å². The monoisotopic (exact) mass is 666 g/mol. The minimum Gasteiger partial charge on any atom is -0.456 e. The van der Waals surface area contributed by atoms with Crippen LogP contribution in [0.3, 0.4) is 0 Å². The van der Waals surface area contributed by atoms with Crippen LogP contribution in [0.4, 0.5) is 17.1 Å². The Morgan fingerprint density at radius 3 is 1.60 bits per heavy atom. The summed E-state index contributed by atoms with van der Waals surface area (Å²) >= 11 is 0. The smallest absolute Gasteiger partial charge is 0.137 e. The first-order chi connectivity index (χ1) is 25.8. The van der Waals surface area contributed by atoms with Crippen molar-refractivity contribution in [3.63, 3.8) is 0 Å². The van der Waals surface area contributed by atoms with Crippen molar-refractivity contribution in [2.75, 3.05) is 4.90 Å². The highest BCUT2D eigenvalue weighted by Crippen LogP contribution is 2.48. The number of hydrogen-bond acceptors (Lipinski definition) is 3. The van der Waals surface area contributed by atoms with E-state index in [1.807, 2.05) is 24.3 Å². The number of nitrogens with zero attached hydrogens (tertiary/aromatic N) is 2. The maximum atomic E-state index is 6.44. The number of benzene rings is 8. The third kappa shape index (κ3) is 4.28. The van der Waals surface area contributed by atoms with Crippen LogP contribution in [-0.4, -0.2) is 4.57 Å². The molecule has 11 rings (SSSR count). The van der Waals surface area contributed by atoms with Gasteiger partial charge in [-0.1, -0.05) is 109 Å². The lowest BCUT2D eigenvalue weighted by molar-refractivity contribution is 0.668. The fourth-order valence-corrected chi connectivity index (χ4v) is 8.11. The summed E-state index contributed by atoms with van der Waals surface area (Å²) in [5.74, 6) is 0. The minimum absolute atomic E-state index is 0.850. The zero-order chi connectivity index (χ0) is 34.2. The van der Waals surface area contributed by atoms with Gasteiger partial charge in [-0.15, -0.1) is 0 Å². The van der Waals surface area contributed by atoms with Gasteiger partial charge in [0.25, 0.3) is 0 Å². The van der Waals surface area contributed by atoms with E-state index >= 15 is 0 Å². The Kier molecular flexibility index (Phi) is 6.22. The molecule has 0 unspecified atom stereocenters. The molecule has 0 saturated heterocycles. The van der Waals surface area contributed by atoms with Gasteiger partial charge in [0, 0.05) is 32.9 Å². The average molecular weight is 667 g/mol. The molecule has 0 saturated carbocycles. The third-order valence-electron chi connectivity index (χ3n) is 10.4. The number of anilines is 3. The second kappa shape index (κ2) is 11.2. The van der Waals surface area contributed by atoms with Crippen molar-refractivity contribution in [3.05, 3.63) is 182 Å². The predicted molar refractivity (Wildman–Crippen MR) is 215 cm³/mol. The molecule has 244 valence electrons. The number of hydrogen-bond donors (Lipinski definition) is 0. The first-order valence-corrected chi connectivity index (χ1v) is 17.6. The van der Waals surface area contributed by atoms with Crippen molar-refractivity contribution in [1.82, 2.24) is 4.57 Å². The fraction of sp³-hybridized carbons (Fsp3) is 0. The summed E-state index contributed by atoms with van der Waals surface area (Å²) in [4.78, 5) is 2.39. The Morgan fingerprint density at radius 1 is 0.365 bits per heavy atom. The first-order valence-electron chi connectivity index (χ1n) is 17.6. The molecule has 0 atom stereocenters. The molecule has 0 aliphatic carbocycles. The summed E-state index contributed by atoms with van der Waals surface area (Å²) in [6.45, 7) is 0. The van der Waals surface area contributed by atoms with Gasteiger partial charge in [-0.05, 0) is 83.9 Å². The van der Waals surface area contributed by atoms with E-state index < -0.39 is 0 Å². The maximum Gasteiger partial charge on any atom is 0.137 e. The Labute approximate surface area is 299 Å². The van der Waals surface area contributed by atoms with Crippen molar-refractivity contribution >= 4 is 82.7 Å². The molecule has 3 heterocycles. The van der Waals surface area contributed by atoms with Crippen molar-refractivity contribution in [1.29, 1.82) is 0 Å². The molecule has 4 nitrogen and oxygen atoms in total. The topological polar surface area (TPSA) is 34.5 Å². The zero-order valence-corrected chi connectivity index (χ0v) is 28.0. The molecular formula is C48H30N2O2. The Hall–Kier alpha value is -7.04. The summed E-state index contributed by atoms with van der Waals surface area (Å²) in [5, 5.41) is 6.67. The van der Waals surface area contributed by atoms with Crippen LogP contribution in [0.2, 0.25) is 0 Å². The van der Waals surface area contributed by atoms with Crippen molar-refractivity contribution in [2.24, 2.45) is 0 Å². The van der Waals surface area contributed by atoms with Crippen LogP contribution in [0.5, 0.6) is 0 Å². The second-order valence-corrected chi connectivity index (χ2v) is 13.3. The maximum absolute atomic E-state index is 6.44. The molecule has 0 bridgehead atoms. The van der Waals surface area contributed by atoms with Crippen molar-refractivity contribution in [2.45, 2.75) is 0 Å². The molecule has 0 aliphatic heterocycles. The van der Waals surface area contributed by atoms with Gasteiger partial charge >= 0.3 is 0 Å². The first kappa shape index (κ1) is 28.8. The van der Waals surface area contributed by atoms with Crippen LogP contribution in [0, 0.1) is 0 Å². The molecule has 0 N–H and O–H groups in total. The van der Waals surface area contributed by atoms with Crippen LogP contribution in [0.25, 0.3) is 82.5 Å². The Bertz CT molecular complexity index is 3020. The molecule has 0 amide bonds. The molecule has 52 heavy (non-hydrogen) atoms. The lowest BCUT2D eigenvalue weighted by atomic mass is 10.0. The minimum atomic E-state index is 0.850. The number of fused-ring (bicyclic) bond motifs is 9. The zero-order valence-electron chi connectivity index (χ0n) is 28.0. The normalized spacial score (nSPS) is 11.8. The quantitative estimate of drug-likeness (QED) is 0.183. The number of para-hydroxylation sites is 3. The highest BCUT2D eigenvalue weighted by molar-refractivity contribution is 6.19. The molecular weight excluding hydrogens is 637 g/mol. The molecule has 8 aromatic carbocycles. The van der Waals surface area contributed by atoms with Gasteiger partial charge in [-0.25, -0.2) is 0 Å². The third-order valence-corrected chi connectivity index (χ3v) is 10.4. The second-order valence-electron chi connectivity index (χ2n) is 13.3. The van der Waals surface area contributed by atoms with Gasteiger partial charge in [0.15, 0.2) is 0 Å². The van der Waals surface area contributed by atoms with Crippen LogP contribution in [0.1, 0.15) is 0 Å². The van der Waals surface area contributed by atoms with Crippen LogP contribution >= 0.6 is 0 Å². The summed E-state index contributed by atoms with van der Waals surface area (Å²) < 4.78 is 15.3. The molecule has 3 aromatic heterocycles. The molecule has 0 radical (unpaired) electrons. The molecule has 11 aromatic rings. The van der Waals surface area contributed by atoms with E-state index in [2.05, 4.69) is 167 Å². The lowest BCUT2D eigenvalue weighted by Gasteiger charge is -2.27. The summed E-state index contributed by atoms with van der Waals surface area (Å²) in [6.07, 6.45) is 0. The van der Waals surface area contributed by atoms with E-state index in [0.29, 0.717) is 0 Å². The van der Waals surface area contributed by atoms with Crippen LogP contribution < -0.4 is 4.90 Å². The SMILES string of the molecule is c1ccc(-c2ccc3c4cc(N(c5cccc6oc7ccccc7c56)c5cccc6oc7ccccc7c56)ccc4n(-c4ccccc4)c3c2)cc1. The van der Waals surface area contributed by atoms with E-state index in [0.717, 1.165) is 77.7 Å². The van der Waals surface area contributed by atoms with Gasteiger partial charge in [-0.2, -0.15) is 0 Å². The predicted octanol–water partition coefficient (Wildman–Crippen LogP) is 13.7.